The summed E-state index contributed by atoms with van der Waals surface area (Å²) < 4.78 is 53.3. The molecule has 6 atom stereocenters. The molecule has 1 saturated carbocycles. The number of rotatable bonds is 25. The van der Waals surface area contributed by atoms with Gasteiger partial charge in [0.15, 0.2) is 11.4 Å². The lowest BCUT2D eigenvalue weighted by Gasteiger charge is -2.33. The predicted molar refractivity (Wildman–Crippen MR) is 263 cm³/mol. The summed E-state index contributed by atoms with van der Waals surface area (Å²) in [5.74, 6) is -1.03. The molecule has 2 unspecified atom stereocenters. The Labute approximate surface area is 403 Å². The van der Waals surface area contributed by atoms with Gasteiger partial charge in [0.2, 0.25) is 12.3 Å². The van der Waals surface area contributed by atoms with Gasteiger partial charge in [-0.1, -0.05) is 18.2 Å². The average Bonchev–Trinajstić information content (AvgIpc) is 3.54. The van der Waals surface area contributed by atoms with E-state index in [2.05, 4.69) is 32.2 Å². The molecule has 0 radical (unpaired) electrons. The van der Waals surface area contributed by atoms with E-state index in [0.29, 0.717) is 52.4 Å². The van der Waals surface area contributed by atoms with Crippen LogP contribution < -0.4 is 30.1 Å². The van der Waals surface area contributed by atoms with E-state index in [-0.39, 0.29) is 30.3 Å². The molecule has 0 spiro atoms. The van der Waals surface area contributed by atoms with Gasteiger partial charge in [-0.15, -0.1) is 17.9 Å². The molecule has 20 heteroatoms. The Bertz CT molecular complexity index is 2480. The number of nitrogens with zero attached hydrogens (tertiary/aromatic N) is 4. The number of hydrogen-bond donors (Lipinski definition) is 6. The standard InChI is InChI=1S/C48H68N8O10S2/c1-10-31-27-48(31,44(59)54-68(61,62)41-17-12-11-16-35(41)49-21-13-14-22-55(7)23-15-18-42(57)64-9)53-43(58)39-25-33(28-56(39)46(60)66-47(4,5)6)65-40-26-37(38-29-67-45(52-38)50-30(2)3)51-36-24-32(63-8)19-20-34(36)40/h10-12,16-17,19-20,24,26,29-31,33,39,42,46,49,57,60H,1,13-15,18,21-23,25,27-28H2,2-9H3,(H,50,52)(H,53,58)(H,54,59)/t31-,33-,39+,42?,46?,48-/m1/s1. The number of carbonyl (C=O) groups excluding carboxylic acids is 2. The third kappa shape index (κ3) is 13.4. The molecule has 3 heterocycles. The van der Waals surface area contributed by atoms with Crippen molar-refractivity contribution in [1.82, 2.24) is 29.8 Å². The monoisotopic (exact) mass is 980 g/mol. The van der Waals surface area contributed by atoms with Gasteiger partial charge in [-0.25, -0.2) is 28.0 Å². The molecule has 6 rings (SSSR count). The number of hydrogen-bond acceptors (Lipinski definition) is 17. The van der Waals surface area contributed by atoms with E-state index in [4.69, 9.17) is 28.9 Å². The molecule has 6 N–H and O–H groups in total. The van der Waals surface area contributed by atoms with Crippen LogP contribution in [0.4, 0.5) is 10.8 Å². The number of thiazole rings is 1. The first kappa shape index (κ1) is 52.4. The quantitative estimate of drug-likeness (QED) is 0.0273. The molecule has 1 saturated heterocycles. The number of nitrogens with one attached hydrogen (secondary N) is 4. The molecule has 4 aromatic rings. The van der Waals surface area contributed by atoms with Crippen LogP contribution in [0, 0.1) is 5.92 Å². The third-order valence-corrected chi connectivity index (χ3v) is 14.0. The number of unbranched alkanes of at least 4 members (excludes halogenated alkanes) is 1. The fourth-order valence-corrected chi connectivity index (χ4v) is 10.2. The van der Waals surface area contributed by atoms with Crippen molar-refractivity contribution in [2.24, 2.45) is 5.92 Å². The summed E-state index contributed by atoms with van der Waals surface area (Å²) in [5.41, 5.74) is -0.302. The first-order valence-corrected chi connectivity index (χ1v) is 25.4. The summed E-state index contributed by atoms with van der Waals surface area (Å²) in [6.07, 6.45) is 1.67. The molecule has 2 fully saturated rings. The highest BCUT2D eigenvalue weighted by atomic mass is 32.2. The lowest BCUT2D eigenvalue weighted by molar-refractivity contribution is -0.242. The molecule has 2 aromatic heterocycles. The van der Waals surface area contributed by atoms with Crippen LogP contribution >= 0.6 is 11.3 Å². The van der Waals surface area contributed by atoms with Crippen molar-refractivity contribution in [1.29, 1.82) is 0 Å². The van der Waals surface area contributed by atoms with Gasteiger partial charge in [-0.05, 0) is 111 Å². The van der Waals surface area contributed by atoms with Crippen molar-refractivity contribution in [3.05, 3.63) is 66.6 Å². The number of carbonyl (C=O) groups is 2. The van der Waals surface area contributed by atoms with E-state index in [0.717, 1.165) is 37.5 Å². The Hall–Kier alpha value is -4.93. The molecule has 0 bridgehead atoms. The van der Waals surface area contributed by atoms with E-state index in [1.165, 1.54) is 35.5 Å². The van der Waals surface area contributed by atoms with Crippen LogP contribution in [0.2, 0.25) is 0 Å². The first-order valence-electron chi connectivity index (χ1n) is 23.0. The number of anilines is 2. The maximum atomic E-state index is 14.5. The summed E-state index contributed by atoms with van der Waals surface area (Å²) in [7, 11) is 0.624. The number of benzene rings is 2. The number of para-hydroxylation sites is 1. The number of amides is 2. The van der Waals surface area contributed by atoms with Crippen LogP contribution in [0.15, 0.2) is 71.5 Å². The lowest BCUT2D eigenvalue weighted by atomic mass is 10.1. The van der Waals surface area contributed by atoms with E-state index in [1.54, 1.807) is 64.3 Å². The van der Waals surface area contributed by atoms with Crippen LogP contribution in [-0.2, 0) is 29.1 Å². The van der Waals surface area contributed by atoms with E-state index >= 15 is 0 Å². The minimum atomic E-state index is -4.43. The van der Waals surface area contributed by atoms with Crippen LogP contribution in [0.3, 0.4) is 0 Å². The number of likely N-dealkylation sites (tertiary alicyclic amines) is 1. The predicted octanol–water partition coefficient (Wildman–Crippen LogP) is 5.53. The number of ether oxygens (including phenoxy) is 4. The molecule has 2 amide bonds. The minimum Gasteiger partial charge on any atom is -0.497 e. The number of fused-ring (bicyclic) bond motifs is 1. The highest BCUT2D eigenvalue weighted by Gasteiger charge is 2.61. The van der Waals surface area contributed by atoms with Gasteiger partial charge < -0.3 is 50.0 Å². The molecule has 372 valence electrons. The molecule has 68 heavy (non-hydrogen) atoms. The number of aliphatic hydroxyl groups is 2. The lowest BCUT2D eigenvalue weighted by Crippen LogP contribution is -2.57. The number of sulfonamides is 1. The number of methoxy groups -OCH3 is 2. The number of aliphatic hydroxyl groups excluding tert-OH is 2. The average molecular weight is 981 g/mol. The van der Waals surface area contributed by atoms with Crippen molar-refractivity contribution < 1.29 is 47.2 Å². The van der Waals surface area contributed by atoms with Crippen molar-refractivity contribution in [3.8, 4) is 22.9 Å². The molecule has 2 aliphatic rings. The van der Waals surface area contributed by atoms with Gasteiger partial charge in [0.1, 0.15) is 33.7 Å². The number of aromatic nitrogens is 2. The second-order valence-corrected chi connectivity index (χ2v) is 21.2. The van der Waals surface area contributed by atoms with Gasteiger partial charge >= 0.3 is 0 Å². The van der Waals surface area contributed by atoms with E-state index in [1.807, 2.05) is 32.3 Å². The second-order valence-electron chi connectivity index (χ2n) is 18.7. The summed E-state index contributed by atoms with van der Waals surface area (Å²) in [6, 6.07) is 12.7. The number of pyridine rings is 1. The summed E-state index contributed by atoms with van der Waals surface area (Å²) in [6.45, 7) is 15.4. The fraction of sp³-hybridized carbons (Fsp3) is 0.542. The highest BCUT2D eigenvalue weighted by molar-refractivity contribution is 7.90. The maximum absolute atomic E-state index is 14.5. The second kappa shape index (κ2) is 22.7. The maximum Gasteiger partial charge on any atom is 0.266 e. The Balaban J connectivity index is 1.17. The van der Waals surface area contributed by atoms with Crippen LogP contribution in [0.5, 0.6) is 11.5 Å². The van der Waals surface area contributed by atoms with Gasteiger partial charge in [-0.2, -0.15) is 0 Å². The van der Waals surface area contributed by atoms with Gasteiger partial charge in [0, 0.05) is 61.5 Å². The third-order valence-electron chi connectivity index (χ3n) is 11.8. The van der Waals surface area contributed by atoms with Gasteiger partial charge in [-0.3, -0.25) is 9.59 Å². The summed E-state index contributed by atoms with van der Waals surface area (Å²) >= 11 is 1.46. The highest BCUT2D eigenvalue weighted by Crippen LogP contribution is 2.45. The van der Waals surface area contributed by atoms with E-state index in [9.17, 15) is 28.2 Å². The molecular weight excluding hydrogens is 913 g/mol. The molecule has 18 nitrogen and oxygen atoms in total. The normalized spacial score (nSPS) is 20.6. The minimum absolute atomic E-state index is 0.0582. The molecule has 1 aliphatic carbocycles. The zero-order valence-corrected chi connectivity index (χ0v) is 41.9. The molecular formula is C48H68N8O10S2. The van der Waals surface area contributed by atoms with Crippen molar-refractivity contribution in [2.75, 3.05) is 58.1 Å². The van der Waals surface area contributed by atoms with Crippen molar-refractivity contribution >= 4 is 54.9 Å². The van der Waals surface area contributed by atoms with Gasteiger partial charge in [0.25, 0.3) is 15.9 Å². The summed E-state index contributed by atoms with van der Waals surface area (Å²) in [4.78, 5) is 41.9. The zero-order chi connectivity index (χ0) is 49.4. The fourth-order valence-electron chi connectivity index (χ4n) is 8.16. The smallest absolute Gasteiger partial charge is 0.266 e. The Morgan fingerprint density at radius 3 is 2.50 bits per heavy atom. The zero-order valence-electron chi connectivity index (χ0n) is 40.3. The Morgan fingerprint density at radius 1 is 1.06 bits per heavy atom. The summed E-state index contributed by atoms with van der Waals surface area (Å²) in [5, 5.41) is 33.9. The first-order chi connectivity index (χ1) is 32.2. The SMILES string of the molecule is C=C[C@@H]1C[C@]1(NC(=O)[C@@H]1C[C@@H](Oc2cc(-c3csc(NC(C)C)n3)nc3cc(OC)ccc23)CN1C(O)OC(C)(C)C)C(=O)NS(=O)(=O)c1ccccc1NCCCCN(C)CCCC(O)OC. The molecule has 2 aromatic carbocycles. The molecule has 1 aliphatic heterocycles. The van der Waals surface area contributed by atoms with E-state index < -0.39 is 63.7 Å². The Morgan fingerprint density at radius 2 is 1.81 bits per heavy atom. The topological polar surface area (TPSA) is 226 Å². The van der Waals surface area contributed by atoms with Crippen LogP contribution in [0.25, 0.3) is 22.3 Å². The largest absolute Gasteiger partial charge is 0.497 e. The van der Waals surface area contributed by atoms with Crippen molar-refractivity contribution in [2.45, 2.75) is 120 Å². The van der Waals surface area contributed by atoms with Crippen molar-refractivity contribution in [3.63, 3.8) is 0 Å². The Kier molecular flexibility index (Phi) is 17.5. The van der Waals surface area contributed by atoms with Gasteiger partial charge in [0.05, 0.1) is 35.7 Å². The van der Waals surface area contributed by atoms with Crippen LogP contribution in [-0.4, -0.2) is 140 Å². The van der Waals surface area contributed by atoms with Crippen LogP contribution in [0.1, 0.15) is 73.1 Å².